The van der Waals surface area contributed by atoms with Gasteiger partial charge in [0.2, 0.25) is 0 Å². The third kappa shape index (κ3) is 8.86. The van der Waals surface area contributed by atoms with Gasteiger partial charge in [0, 0.05) is 24.9 Å². The van der Waals surface area contributed by atoms with E-state index in [0.717, 1.165) is 27.5 Å². The van der Waals surface area contributed by atoms with Crippen molar-refractivity contribution >= 4 is 28.9 Å². The summed E-state index contributed by atoms with van der Waals surface area (Å²) < 4.78 is 10.4. The molecule has 0 aliphatic carbocycles. The second-order valence-corrected chi connectivity index (χ2v) is 9.60. The zero-order valence-electron chi connectivity index (χ0n) is 21.7. The average Bonchev–Trinajstić information content (AvgIpc) is 2.87. The van der Waals surface area contributed by atoms with Gasteiger partial charge in [0.15, 0.2) is 0 Å². The van der Waals surface area contributed by atoms with Crippen LogP contribution < -0.4 is 10.6 Å². The summed E-state index contributed by atoms with van der Waals surface area (Å²) >= 11 is 0. The second kappa shape index (κ2) is 13.2. The number of hydrogen-bond acceptors (Lipinski definition) is 5. The number of carbonyl (C=O) groups is 3. The normalized spacial score (nSPS) is 11.6. The van der Waals surface area contributed by atoms with Gasteiger partial charge in [-0.3, -0.25) is 0 Å². The number of aliphatic carboxylic acids is 1. The molecule has 0 saturated heterocycles. The third-order valence-corrected chi connectivity index (χ3v) is 5.38. The summed E-state index contributed by atoms with van der Waals surface area (Å²) in [6.07, 6.45) is -0.775. The van der Waals surface area contributed by atoms with E-state index in [4.69, 9.17) is 9.47 Å². The molecule has 0 aliphatic rings. The first-order chi connectivity index (χ1) is 18.1. The van der Waals surface area contributed by atoms with E-state index in [1.165, 1.54) is 0 Å². The van der Waals surface area contributed by atoms with Crippen molar-refractivity contribution in [3.8, 4) is 11.8 Å². The Morgan fingerprint density at radius 2 is 1.61 bits per heavy atom. The molecule has 3 N–H and O–H groups in total. The molecule has 0 aliphatic heterocycles. The fraction of sp³-hybridized carbons (Fsp3) is 0.300. The molecule has 3 aromatic carbocycles. The Hall–Kier alpha value is -4.51. The van der Waals surface area contributed by atoms with Crippen molar-refractivity contribution in [2.24, 2.45) is 0 Å². The van der Waals surface area contributed by atoms with Gasteiger partial charge < -0.3 is 25.2 Å². The number of hydrogen-bond donors (Lipinski definition) is 3. The van der Waals surface area contributed by atoms with Gasteiger partial charge in [-0.15, -0.1) is 0 Å². The summed E-state index contributed by atoms with van der Waals surface area (Å²) in [7, 11) is 0. The highest BCUT2D eigenvalue weighted by Crippen LogP contribution is 2.24. The standard InChI is InChI=1S/C30H32N2O6/c1-30(2,3)38-29(36)32-26(27(33)34)19-23-17-16-22(24-14-7-8-15-25(23)24)13-9-10-18-31-28(35)37-20-21-11-5-4-6-12-21/h4-8,11-12,14-17,26H,10,18-20H2,1-3H3,(H,31,35)(H,32,36)(H,33,34)/t26-/m0/s1. The second-order valence-electron chi connectivity index (χ2n) is 9.60. The van der Waals surface area contributed by atoms with Crippen LogP contribution >= 0.6 is 0 Å². The molecule has 0 fully saturated rings. The number of amides is 2. The maximum atomic E-state index is 12.1. The lowest BCUT2D eigenvalue weighted by Gasteiger charge is -2.22. The molecular weight excluding hydrogens is 484 g/mol. The molecule has 0 spiro atoms. The van der Waals surface area contributed by atoms with E-state index >= 15 is 0 Å². The maximum Gasteiger partial charge on any atom is 0.408 e. The smallest absolute Gasteiger partial charge is 0.408 e. The third-order valence-electron chi connectivity index (χ3n) is 5.38. The van der Waals surface area contributed by atoms with Gasteiger partial charge >= 0.3 is 18.2 Å². The molecule has 2 amide bonds. The number of benzene rings is 3. The molecule has 198 valence electrons. The minimum atomic E-state index is -1.15. The monoisotopic (exact) mass is 516 g/mol. The van der Waals surface area contributed by atoms with E-state index in [9.17, 15) is 19.5 Å². The summed E-state index contributed by atoms with van der Waals surface area (Å²) in [6.45, 7) is 5.68. The van der Waals surface area contributed by atoms with Gasteiger partial charge in [-0.25, -0.2) is 14.4 Å². The largest absolute Gasteiger partial charge is 0.480 e. The molecule has 0 radical (unpaired) electrons. The van der Waals surface area contributed by atoms with E-state index in [-0.39, 0.29) is 13.0 Å². The lowest BCUT2D eigenvalue weighted by molar-refractivity contribution is -0.139. The number of rotatable bonds is 8. The lowest BCUT2D eigenvalue weighted by atomic mass is 9.95. The SMILES string of the molecule is CC(C)(C)OC(=O)N[C@@H](Cc1ccc(C#CCCNC(=O)OCc2ccccc2)c2ccccc12)C(=O)O. The average molecular weight is 517 g/mol. The highest BCUT2D eigenvalue weighted by Gasteiger charge is 2.25. The number of carbonyl (C=O) groups excluding carboxylic acids is 2. The van der Waals surface area contributed by atoms with E-state index < -0.39 is 29.8 Å². The van der Waals surface area contributed by atoms with Gasteiger partial charge in [0.05, 0.1) is 0 Å². The van der Waals surface area contributed by atoms with Crippen molar-refractivity contribution in [2.75, 3.05) is 6.54 Å². The Morgan fingerprint density at radius 3 is 2.29 bits per heavy atom. The zero-order chi connectivity index (χ0) is 27.5. The van der Waals surface area contributed by atoms with Crippen LogP contribution in [0, 0.1) is 11.8 Å². The fourth-order valence-corrected chi connectivity index (χ4v) is 3.68. The Morgan fingerprint density at radius 1 is 0.921 bits per heavy atom. The van der Waals surface area contributed by atoms with Crippen LogP contribution in [0.3, 0.4) is 0 Å². The van der Waals surface area contributed by atoms with Crippen LogP contribution in [-0.2, 0) is 27.3 Å². The van der Waals surface area contributed by atoms with Crippen molar-refractivity contribution in [3.05, 3.63) is 83.4 Å². The molecule has 1 atom stereocenters. The number of ether oxygens (including phenoxy) is 2. The highest BCUT2D eigenvalue weighted by atomic mass is 16.6. The van der Waals surface area contributed by atoms with Crippen molar-refractivity contribution < 1.29 is 29.0 Å². The van der Waals surface area contributed by atoms with Crippen molar-refractivity contribution in [2.45, 2.75) is 51.9 Å². The molecule has 38 heavy (non-hydrogen) atoms. The number of alkyl carbamates (subject to hydrolysis) is 2. The quantitative estimate of drug-likeness (QED) is 0.286. The Labute approximate surface area is 222 Å². The fourth-order valence-electron chi connectivity index (χ4n) is 3.68. The van der Waals surface area contributed by atoms with Crippen LogP contribution in [0.4, 0.5) is 9.59 Å². The molecule has 0 aromatic heterocycles. The summed E-state index contributed by atoms with van der Waals surface area (Å²) in [4.78, 5) is 35.9. The van der Waals surface area contributed by atoms with Gasteiger partial charge in [-0.1, -0.05) is 72.5 Å². The van der Waals surface area contributed by atoms with Crippen molar-refractivity contribution in [1.82, 2.24) is 10.6 Å². The van der Waals surface area contributed by atoms with Crippen LogP contribution in [0.5, 0.6) is 0 Å². The molecule has 3 aromatic rings. The van der Waals surface area contributed by atoms with E-state index in [1.807, 2.05) is 66.7 Å². The van der Waals surface area contributed by atoms with Crippen LogP contribution in [0.1, 0.15) is 43.9 Å². The maximum absolute atomic E-state index is 12.1. The van der Waals surface area contributed by atoms with Gasteiger partial charge in [0.1, 0.15) is 18.2 Å². The summed E-state index contributed by atoms with van der Waals surface area (Å²) in [6, 6.07) is 19.5. The summed E-state index contributed by atoms with van der Waals surface area (Å²) in [5.41, 5.74) is 1.71. The first-order valence-electron chi connectivity index (χ1n) is 12.3. The van der Waals surface area contributed by atoms with Gasteiger partial charge in [-0.05, 0) is 48.7 Å². The predicted molar refractivity (Wildman–Crippen MR) is 145 cm³/mol. The number of nitrogens with one attached hydrogen (secondary N) is 2. The minimum Gasteiger partial charge on any atom is -0.480 e. The van der Waals surface area contributed by atoms with Crippen molar-refractivity contribution in [3.63, 3.8) is 0 Å². The van der Waals surface area contributed by atoms with E-state index in [1.54, 1.807) is 20.8 Å². The molecule has 0 unspecified atom stereocenters. The first-order valence-corrected chi connectivity index (χ1v) is 12.3. The van der Waals surface area contributed by atoms with Crippen molar-refractivity contribution in [1.29, 1.82) is 0 Å². The molecule has 3 rings (SSSR count). The minimum absolute atomic E-state index is 0.0812. The van der Waals surface area contributed by atoms with E-state index in [0.29, 0.717) is 13.0 Å². The molecular formula is C30H32N2O6. The predicted octanol–water partition coefficient (Wildman–Crippen LogP) is 5.03. The van der Waals surface area contributed by atoms with Crippen LogP contribution in [0.15, 0.2) is 66.7 Å². The molecule has 0 saturated carbocycles. The van der Waals surface area contributed by atoms with Gasteiger partial charge in [0.25, 0.3) is 0 Å². The Kier molecular flexibility index (Phi) is 9.72. The van der Waals surface area contributed by atoms with Crippen LogP contribution in [0.25, 0.3) is 10.8 Å². The number of carboxylic acids is 1. The summed E-state index contributed by atoms with van der Waals surface area (Å²) in [5, 5.41) is 16.5. The zero-order valence-corrected chi connectivity index (χ0v) is 21.7. The summed E-state index contributed by atoms with van der Waals surface area (Å²) in [5.74, 6) is 5.04. The topological polar surface area (TPSA) is 114 Å². The molecule has 0 bridgehead atoms. The lowest BCUT2D eigenvalue weighted by Crippen LogP contribution is -2.44. The Bertz CT molecular complexity index is 1340. The van der Waals surface area contributed by atoms with Crippen LogP contribution in [-0.4, -0.2) is 41.4 Å². The van der Waals surface area contributed by atoms with Crippen LogP contribution in [0.2, 0.25) is 0 Å². The molecule has 8 heteroatoms. The number of carboxylic acid groups (broad SMARTS) is 1. The number of fused-ring (bicyclic) bond motifs is 1. The molecule has 8 nitrogen and oxygen atoms in total. The Balaban J connectivity index is 1.62. The van der Waals surface area contributed by atoms with E-state index in [2.05, 4.69) is 22.5 Å². The van der Waals surface area contributed by atoms with Gasteiger partial charge in [-0.2, -0.15) is 0 Å². The first kappa shape index (κ1) is 28.1. The highest BCUT2D eigenvalue weighted by molar-refractivity contribution is 5.91. The molecule has 0 heterocycles.